The van der Waals surface area contributed by atoms with Gasteiger partial charge in [-0.3, -0.25) is 9.63 Å². The van der Waals surface area contributed by atoms with Crippen LogP contribution in [-0.4, -0.2) is 49.9 Å². The van der Waals surface area contributed by atoms with Crippen LogP contribution in [0.15, 0.2) is 0 Å². The average Bonchev–Trinajstić information content (AvgIpc) is 2.86. The Morgan fingerprint density at radius 1 is 1.25 bits per heavy atom. The van der Waals surface area contributed by atoms with Crippen LogP contribution in [0.4, 0.5) is 0 Å². The average molecular weight is 229 g/mol. The van der Waals surface area contributed by atoms with Crippen molar-refractivity contribution in [3.8, 4) is 0 Å². The quantitative estimate of drug-likeness (QED) is 0.607. The number of esters is 2. The molecule has 0 aromatic heterocycles. The number of methoxy groups -OCH3 is 2. The summed E-state index contributed by atoms with van der Waals surface area (Å²) in [7, 11) is 2.59. The van der Waals surface area contributed by atoms with Crippen molar-refractivity contribution in [2.24, 2.45) is 5.92 Å². The number of carbonyl (C=O) groups excluding carboxylic acids is 2. The predicted octanol–water partition coefficient (Wildman–Crippen LogP) is -0.273. The standard InChI is InChI=1S/C10H15NO5/c1-14-9(12)7-6-4-3-5-11(6)16-8(7)10(13)15-2/h6-8H,3-5H2,1-2H3/t6-,7+,8-/m1/s1. The van der Waals surface area contributed by atoms with Crippen molar-refractivity contribution >= 4 is 11.9 Å². The van der Waals surface area contributed by atoms with Gasteiger partial charge in [0.25, 0.3) is 0 Å². The molecule has 0 unspecified atom stereocenters. The lowest BCUT2D eigenvalue weighted by Crippen LogP contribution is -2.38. The largest absolute Gasteiger partial charge is 0.469 e. The summed E-state index contributed by atoms with van der Waals surface area (Å²) >= 11 is 0. The Balaban J connectivity index is 2.19. The number of rotatable bonds is 2. The van der Waals surface area contributed by atoms with E-state index in [4.69, 9.17) is 9.57 Å². The monoisotopic (exact) mass is 229 g/mol. The van der Waals surface area contributed by atoms with E-state index in [-0.39, 0.29) is 6.04 Å². The molecule has 0 radical (unpaired) electrons. The van der Waals surface area contributed by atoms with E-state index in [9.17, 15) is 9.59 Å². The van der Waals surface area contributed by atoms with Crippen LogP contribution in [0, 0.1) is 5.92 Å². The fourth-order valence-electron chi connectivity index (χ4n) is 2.39. The Hall–Kier alpha value is -1.14. The fraction of sp³-hybridized carbons (Fsp3) is 0.800. The van der Waals surface area contributed by atoms with E-state index in [1.165, 1.54) is 14.2 Å². The van der Waals surface area contributed by atoms with Crippen molar-refractivity contribution < 1.29 is 23.9 Å². The molecule has 2 rings (SSSR count). The lowest BCUT2D eigenvalue weighted by atomic mass is 9.93. The summed E-state index contributed by atoms with van der Waals surface area (Å²) in [6.07, 6.45) is 0.946. The molecule has 2 saturated heterocycles. The van der Waals surface area contributed by atoms with E-state index in [1.807, 2.05) is 0 Å². The highest BCUT2D eigenvalue weighted by Gasteiger charge is 2.53. The number of ether oxygens (including phenoxy) is 2. The van der Waals surface area contributed by atoms with Crippen LogP contribution in [0.1, 0.15) is 12.8 Å². The molecular weight excluding hydrogens is 214 g/mol. The van der Waals surface area contributed by atoms with Crippen LogP contribution in [-0.2, 0) is 23.9 Å². The van der Waals surface area contributed by atoms with E-state index < -0.39 is 24.0 Å². The molecule has 2 aliphatic rings. The molecule has 0 aromatic carbocycles. The van der Waals surface area contributed by atoms with Gasteiger partial charge in [0.2, 0.25) is 0 Å². The molecule has 0 bridgehead atoms. The summed E-state index contributed by atoms with van der Waals surface area (Å²) in [5.41, 5.74) is 0. The number of hydroxylamine groups is 2. The third-order valence-corrected chi connectivity index (χ3v) is 3.14. The van der Waals surface area contributed by atoms with Crippen molar-refractivity contribution in [1.29, 1.82) is 0 Å². The molecule has 0 N–H and O–H groups in total. The molecule has 3 atom stereocenters. The molecule has 2 fully saturated rings. The first kappa shape index (κ1) is 11.3. The van der Waals surface area contributed by atoms with Crippen LogP contribution < -0.4 is 0 Å². The van der Waals surface area contributed by atoms with E-state index >= 15 is 0 Å². The smallest absolute Gasteiger partial charge is 0.338 e. The van der Waals surface area contributed by atoms with E-state index in [2.05, 4.69) is 4.74 Å². The Morgan fingerprint density at radius 3 is 2.56 bits per heavy atom. The maximum absolute atomic E-state index is 11.7. The van der Waals surface area contributed by atoms with Gasteiger partial charge in [-0.15, -0.1) is 0 Å². The van der Waals surface area contributed by atoms with Gasteiger partial charge in [-0.1, -0.05) is 0 Å². The number of hydrogen-bond acceptors (Lipinski definition) is 6. The molecule has 0 aromatic rings. The van der Waals surface area contributed by atoms with E-state index in [1.54, 1.807) is 5.06 Å². The number of hydrogen-bond donors (Lipinski definition) is 0. The zero-order valence-corrected chi connectivity index (χ0v) is 9.34. The first-order valence-corrected chi connectivity index (χ1v) is 5.28. The Bertz CT molecular complexity index is 306. The molecule has 2 heterocycles. The highest BCUT2D eigenvalue weighted by Crippen LogP contribution is 2.36. The van der Waals surface area contributed by atoms with E-state index in [0.717, 1.165) is 19.4 Å². The maximum Gasteiger partial charge on any atom is 0.338 e. The second-order valence-corrected chi connectivity index (χ2v) is 3.95. The summed E-state index contributed by atoms with van der Waals surface area (Å²) in [5.74, 6) is -1.51. The minimum Gasteiger partial charge on any atom is -0.469 e. The van der Waals surface area contributed by atoms with E-state index in [0.29, 0.717) is 0 Å². The summed E-state index contributed by atoms with van der Waals surface area (Å²) in [6, 6.07) is -0.0588. The topological polar surface area (TPSA) is 65.1 Å². The molecule has 2 aliphatic heterocycles. The van der Waals surface area contributed by atoms with Crippen LogP contribution in [0.5, 0.6) is 0 Å². The van der Waals surface area contributed by atoms with Crippen LogP contribution in [0.3, 0.4) is 0 Å². The van der Waals surface area contributed by atoms with Gasteiger partial charge >= 0.3 is 11.9 Å². The highest BCUT2D eigenvalue weighted by molar-refractivity contribution is 5.84. The first-order chi connectivity index (χ1) is 7.69. The highest BCUT2D eigenvalue weighted by atomic mass is 16.7. The Labute approximate surface area is 93.4 Å². The van der Waals surface area contributed by atoms with Crippen molar-refractivity contribution in [2.45, 2.75) is 25.0 Å². The van der Waals surface area contributed by atoms with Gasteiger partial charge in [0.15, 0.2) is 6.10 Å². The summed E-state index contributed by atoms with van der Waals surface area (Å²) in [5, 5.41) is 1.70. The Morgan fingerprint density at radius 2 is 1.94 bits per heavy atom. The van der Waals surface area contributed by atoms with Gasteiger partial charge in [-0.25, -0.2) is 4.79 Å². The van der Waals surface area contributed by atoms with Gasteiger partial charge in [-0.2, -0.15) is 5.06 Å². The molecule has 0 saturated carbocycles. The third kappa shape index (κ3) is 1.68. The van der Waals surface area contributed by atoms with Gasteiger partial charge in [0.05, 0.1) is 20.3 Å². The normalized spacial score (nSPS) is 33.5. The summed E-state index contributed by atoms with van der Waals surface area (Å²) < 4.78 is 9.34. The predicted molar refractivity (Wildman–Crippen MR) is 52.1 cm³/mol. The van der Waals surface area contributed by atoms with Gasteiger partial charge < -0.3 is 9.47 Å². The van der Waals surface area contributed by atoms with Crippen LogP contribution >= 0.6 is 0 Å². The number of fused-ring (bicyclic) bond motifs is 1. The molecule has 0 spiro atoms. The second-order valence-electron chi connectivity index (χ2n) is 3.95. The number of nitrogens with zero attached hydrogens (tertiary/aromatic N) is 1. The minimum absolute atomic E-state index is 0.0588. The fourth-order valence-corrected chi connectivity index (χ4v) is 2.39. The Kier molecular flexibility index (Phi) is 3.11. The zero-order chi connectivity index (χ0) is 11.7. The van der Waals surface area contributed by atoms with Crippen molar-refractivity contribution in [3.63, 3.8) is 0 Å². The van der Waals surface area contributed by atoms with Crippen molar-refractivity contribution in [2.75, 3.05) is 20.8 Å². The summed E-state index contributed by atoms with van der Waals surface area (Å²) in [6.45, 7) is 0.742. The van der Waals surface area contributed by atoms with Crippen LogP contribution in [0.25, 0.3) is 0 Å². The van der Waals surface area contributed by atoms with Gasteiger partial charge in [-0.05, 0) is 12.8 Å². The lowest BCUT2D eigenvalue weighted by Gasteiger charge is -2.16. The van der Waals surface area contributed by atoms with Gasteiger partial charge in [0, 0.05) is 6.54 Å². The first-order valence-electron chi connectivity index (χ1n) is 5.28. The molecule has 0 amide bonds. The molecule has 6 heteroatoms. The van der Waals surface area contributed by atoms with Crippen molar-refractivity contribution in [3.05, 3.63) is 0 Å². The molecule has 16 heavy (non-hydrogen) atoms. The molecular formula is C10H15NO5. The second kappa shape index (κ2) is 4.39. The number of carbonyl (C=O) groups is 2. The van der Waals surface area contributed by atoms with Gasteiger partial charge in [0.1, 0.15) is 5.92 Å². The zero-order valence-electron chi connectivity index (χ0n) is 9.34. The summed E-state index contributed by atoms with van der Waals surface area (Å²) in [4.78, 5) is 28.6. The minimum atomic E-state index is -0.859. The molecule has 0 aliphatic carbocycles. The molecule has 6 nitrogen and oxygen atoms in total. The lowest BCUT2D eigenvalue weighted by molar-refractivity contribution is -0.184. The maximum atomic E-state index is 11.7. The van der Waals surface area contributed by atoms with Crippen molar-refractivity contribution in [1.82, 2.24) is 5.06 Å². The van der Waals surface area contributed by atoms with Crippen LogP contribution in [0.2, 0.25) is 0 Å². The SMILES string of the molecule is COC(=O)[C@H]1[C@H]2CCCN2O[C@H]1C(=O)OC. The molecule has 90 valence electrons. The third-order valence-electron chi connectivity index (χ3n) is 3.14.